The number of nitro benzene ring substituents is 1. The average molecular weight is 717 g/mol. The predicted molar refractivity (Wildman–Crippen MR) is 198 cm³/mol. The summed E-state index contributed by atoms with van der Waals surface area (Å²) in [5.74, 6) is 0.590. The normalized spacial score (nSPS) is 15.7. The van der Waals surface area contributed by atoms with Crippen LogP contribution in [0.2, 0.25) is 10.0 Å². The van der Waals surface area contributed by atoms with Gasteiger partial charge in [0.1, 0.15) is 16.5 Å². The molecule has 7 nitrogen and oxygen atoms in total. The predicted octanol–water partition coefficient (Wildman–Crippen LogP) is 12.1. The third kappa shape index (κ3) is 10.4. The molecular weight excluding hydrogens is 673 g/mol. The second-order valence-electron chi connectivity index (χ2n) is 13.2. The van der Waals surface area contributed by atoms with Gasteiger partial charge in [0.25, 0.3) is 5.69 Å². The quantitative estimate of drug-likeness (QED) is 0.0399. The van der Waals surface area contributed by atoms with Gasteiger partial charge in [0.2, 0.25) is 0 Å². The number of ether oxygens (including phenoxy) is 2. The Balaban J connectivity index is 1.08. The molecule has 1 aliphatic carbocycles. The van der Waals surface area contributed by atoms with Crippen molar-refractivity contribution in [2.24, 2.45) is 11.8 Å². The number of carbonyl (C=O) groups excluding carboxylic acids is 2. The Hall–Kier alpha value is -4.20. The molecule has 4 aromatic carbocycles. The number of esters is 2. The van der Waals surface area contributed by atoms with E-state index in [2.05, 4.69) is 31.2 Å². The summed E-state index contributed by atoms with van der Waals surface area (Å²) >= 11 is 12.2. The Morgan fingerprint density at radius 1 is 0.700 bits per heavy atom. The van der Waals surface area contributed by atoms with Crippen molar-refractivity contribution >= 4 is 40.8 Å². The van der Waals surface area contributed by atoms with Crippen LogP contribution in [0.3, 0.4) is 0 Å². The van der Waals surface area contributed by atoms with E-state index in [1.165, 1.54) is 107 Å². The van der Waals surface area contributed by atoms with Crippen molar-refractivity contribution in [2.75, 3.05) is 0 Å². The summed E-state index contributed by atoms with van der Waals surface area (Å²) in [6.45, 7) is 2.28. The van der Waals surface area contributed by atoms with Gasteiger partial charge in [-0.25, -0.2) is 9.59 Å². The molecule has 0 aromatic heterocycles. The van der Waals surface area contributed by atoms with E-state index in [0.717, 1.165) is 35.4 Å². The monoisotopic (exact) mass is 715 g/mol. The molecule has 4 aromatic rings. The highest BCUT2D eigenvalue weighted by molar-refractivity contribution is 6.34. The van der Waals surface area contributed by atoms with Gasteiger partial charge < -0.3 is 9.47 Å². The molecule has 1 aliphatic rings. The number of halogens is 2. The number of nitrogens with zero attached hydrogens (tertiary/aromatic N) is 1. The average Bonchev–Trinajstić information content (AvgIpc) is 3.11. The van der Waals surface area contributed by atoms with Crippen LogP contribution in [-0.4, -0.2) is 16.9 Å². The summed E-state index contributed by atoms with van der Waals surface area (Å²) in [6.07, 6.45) is 16.3. The molecule has 0 aliphatic heterocycles. The van der Waals surface area contributed by atoms with E-state index in [4.69, 9.17) is 32.7 Å². The van der Waals surface area contributed by atoms with Gasteiger partial charge in [0.15, 0.2) is 0 Å². The van der Waals surface area contributed by atoms with Gasteiger partial charge in [-0.1, -0.05) is 131 Å². The largest absolute Gasteiger partial charge is 0.423 e. The zero-order valence-electron chi connectivity index (χ0n) is 28.4. The van der Waals surface area contributed by atoms with Crippen LogP contribution in [0, 0.1) is 22.0 Å². The lowest BCUT2D eigenvalue weighted by molar-refractivity contribution is -0.384. The van der Waals surface area contributed by atoms with Crippen LogP contribution >= 0.6 is 23.2 Å². The summed E-state index contributed by atoms with van der Waals surface area (Å²) < 4.78 is 10.8. The fourth-order valence-corrected chi connectivity index (χ4v) is 7.12. The molecule has 0 unspecified atom stereocenters. The van der Waals surface area contributed by atoms with Crippen LogP contribution in [-0.2, 0) is 6.42 Å². The highest BCUT2D eigenvalue weighted by Crippen LogP contribution is 2.35. The van der Waals surface area contributed by atoms with Crippen LogP contribution in [0.15, 0.2) is 84.9 Å². The van der Waals surface area contributed by atoms with Crippen LogP contribution in [0.1, 0.15) is 104 Å². The molecular formula is C41H43Cl2NO6. The molecule has 0 amide bonds. The Morgan fingerprint density at radius 3 is 1.86 bits per heavy atom. The fraction of sp³-hybridized carbons (Fsp3) is 0.366. The first-order chi connectivity index (χ1) is 24.2. The van der Waals surface area contributed by atoms with Crippen LogP contribution in [0.25, 0.3) is 11.1 Å². The van der Waals surface area contributed by atoms with Crippen molar-refractivity contribution in [3.63, 3.8) is 0 Å². The van der Waals surface area contributed by atoms with E-state index < -0.39 is 16.9 Å². The first-order valence-electron chi connectivity index (χ1n) is 17.6. The van der Waals surface area contributed by atoms with Crippen molar-refractivity contribution in [3.8, 4) is 22.6 Å². The van der Waals surface area contributed by atoms with Gasteiger partial charge in [0, 0.05) is 18.2 Å². The lowest BCUT2D eigenvalue weighted by atomic mass is 9.77. The van der Waals surface area contributed by atoms with E-state index in [9.17, 15) is 19.7 Å². The smallest absolute Gasteiger partial charge is 0.345 e. The Labute approximate surface area is 304 Å². The molecule has 0 radical (unpaired) electrons. The molecule has 50 heavy (non-hydrogen) atoms. The van der Waals surface area contributed by atoms with Gasteiger partial charge in [-0.2, -0.15) is 0 Å². The zero-order chi connectivity index (χ0) is 35.5. The van der Waals surface area contributed by atoms with Crippen molar-refractivity contribution in [2.45, 2.75) is 84.0 Å². The topological polar surface area (TPSA) is 95.7 Å². The number of nitro groups is 1. The molecule has 0 bridgehead atoms. The maximum Gasteiger partial charge on any atom is 0.345 e. The summed E-state index contributed by atoms with van der Waals surface area (Å²) in [5, 5.41) is 10.8. The minimum Gasteiger partial charge on any atom is -0.423 e. The van der Waals surface area contributed by atoms with Gasteiger partial charge in [-0.05, 0) is 71.7 Å². The number of hydrogen-bond donors (Lipinski definition) is 0. The Kier molecular flexibility index (Phi) is 13.5. The fourth-order valence-electron chi connectivity index (χ4n) is 6.63. The van der Waals surface area contributed by atoms with E-state index in [1.54, 1.807) is 12.1 Å². The second kappa shape index (κ2) is 18.2. The first kappa shape index (κ1) is 37.1. The molecule has 0 atom stereocenters. The first-order valence-corrected chi connectivity index (χ1v) is 18.3. The van der Waals surface area contributed by atoms with Crippen molar-refractivity contribution < 1.29 is 24.0 Å². The molecule has 1 saturated carbocycles. The summed E-state index contributed by atoms with van der Waals surface area (Å²) in [4.78, 5) is 35.8. The van der Waals surface area contributed by atoms with E-state index in [-0.39, 0.29) is 32.8 Å². The van der Waals surface area contributed by atoms with Crippen molar-refractivity contribution in [3.05, 3.63) is 122 Å². The van der Waals surface area contributed by atoms with Crippen molar-refractivity contribution in [1.29, 1.82) is 0 Å². The molecule has 0 saturated heterocycles. The number of benzene rings is 4. The highest BCUT2D eigenvalue weighted by Gasteiger charge is 2.21. The molecule has 0 N–H and O–H groups in total. The third-order valence-electron chi connectivity index (χ3n) is 9.63. The number of carbonyl (C=O) groups is 2. The minimum absolute atomic E-state index is 0.00276. The van der Waals surface area contributed by atoms with Crippen LogP contribution < -0.4 is 9.47 Å². The lowest BCUT2D eigenvalue weighted by Gasteiger charge is -2.28. The Morgan fingerprint density at radius 2 is 1.26 bits per heavy atom. The Bertz CT molecular complexity index is 1770. The number of aryl methyl sites for hydroxylation is 1. The van der Waals surface area contributed by atoms with E-state index in [1.807, 2.05) is 12.1 Å². The van der Waals surface area contributed by atoms with Gasteiger partial charge >= 0.3 is 11.9 Å². The third-order valence-corrected chi connectivity index (χ3v) is 10.2. The van der Waals surface area contributed by atoms with Crippen LogP contribution in [0.4, 0.5) is 5.69 Å². The standard InChI is InChI=1S/C41H43Cl2NO6/c1-2-3-4-5-6-7-28-8-10-29(11-9-28)12-13-30-14-16-31(17-15-30)32-18-20-33(21-19-32)40(45)49-34-22-24-36(37(42)26-34)41(46)50-35-23-25-39(44(47)48)38(43)27-35/h14-29H,2-13H2,1H3. The molecule has 9 heteroatoms. The summed E-state index contributed by atoms with van der Waals surface area (Å²) in [6, 6.07) is 23.6. The van der Waals surface area contributed by atoms with E-state index in [0.29, 0.717) is 5.56 Å². The summed E-state index contributed by atoms with van der Waals surface area (Å²) in [7, 11) is 0. The number of rotatable bonds is 15. The zero-order valence-corrected chi connectivity index (χ0v) is 29.9. The molecule has 1 fully saturated rings. The lowest BCUT2D eigenvalue weighted by Crippen LogP contribution is -2.15. The molecule has 262 valence electrons. The van der Waals surface area contributed by atoms with Crippen LogP contribution in [0.5, 0.6) is 11.5 Å². The SMILES string of the molecule is CCCCCCCC1CCC(CCc2ccc(-c3ccc(C(=O)Oc4ccc(C(=O)Oc5ccc([N+](=O)[O-])c(Cl)c5)c(Cl)c4)cc3)cc2)CC1. The minimum atomic E-state index is -0.803. The van der Waals surface area contributed by atoms with Gasteiger partial charge in [-0.3, -0.25) is 10.1 Å². The molecule has 0 spiro atoms. The summed E-state index contributed by atoms with van der Waals surface area (Å²) in [5.41, 5.74) is 3.52. The second-order valence-corrected chi connectivity index (χ2v) is 14.0. The highest BCUT2D eigenvalue weighted by atomic mass is 35.5. The number of unbranched alkanes of at least 4 members (excludes halogenated alkanes) is 4. The van der Waals surface area contributed by atoms with Gasteiger partial charge in [-0.15, -0.1) is 0 Å². The maximum atomic E-state index is 12.9. The maximum absolute atomic E-state index is 12.9. The van der Waals surface area contributed by atoms with Gasteiger partial charge in [0.05, 0.1) is 21.1 Å². The van der Waals surface area contributed by atoms with E-state index >= 15 is 0 Å². The number of hydrogen-bond acceptors (Lipinski definition) is 6. The van der Waals surface area contributed by atoms with Crippen molar-refractivity contribution in [1.82, 2.24) is 0 Å². The molecule has 5 rings (SSSR count). The molecule has 0 heterocycles.